The van der Waals surface area contributed by atoms with Crippen LogP contribution >= 0.6 is 11.6 Å². The molecule has 10 heteroatoms. The minimum Gasteiger partial charge on any atom is -0.492 e. The summed E-state index contributed by atoms with van der Waals surface area (Å²) in [7, 11) is -4.05. The van der Waals surface area contributed by atoms with Gasteiger partial charge in [0.15, 0.2) is 0 Å². The fourth-order valence-electron chi connectivity index (χ4n) is 3.81. The van der Waals surface area contributed by atoms with E-state index in [1.165, 1.54) is 18.2 Å². The molecule has 2 amide bonds. The zero-order chi connectivity index (χ0) is 24.0. The van der Waals surface area contributed by atoms with E-state index in [1.807, 2.05) is 30.3 Å². The SMILES string of the molecule is CCOc1ccc(S(=O)(=O)N[C@H](Cc2ccccc2)C(=O)N2CCC(C(N)=O)CC2)cc1Cl. The van der Waals surface area contributed by atoms with Gasteiger partial charge in [-0.05, 0) is 49.9 Å². The predicted octanol–water partition coefficient (Wildman–Crippen LogP) is 2.35. The highest BCUT2D eigenvalue weighted by molar-refractivity contribution is 7.89. The van der Waals surface area contributed by atoms with E-state index in [-0.39, 0.29) is 34.1 Å². The van der Waals surface area contributed by atoms with Crippen LogP contribution in [0.5, 0.6) is 5.75 Å². The van der Waals surface area contributed by atoms with Crippen LogP contribution in [0.25, 0.3) is 0 Å². The van der Waals surface area contributed by atoms with E-state index in [2.05, 4.69) is 4.72 Å². The van der Waals surface area contributed by atoms with Gasteiger partial charge in [0.25, 0.3) is 0 Å². The van der Waals surface area contributed by atoms with Crippen molar-refractivity contribution in [2.24, 2.45) is 11.7 Å². The van der Waals surface area contributed by atoms with Crippen molar-refractivity contribution >= 4 is 33.4 Å². The van der Waals surface area contributed by atoms with Gasteiger partial charge in [0.2, 0.25) is 21.8 Å². The highest BCUT2D eigenvalue weighted by Crippen LogP contribution is 2.28. The second-order valence-electron chi connectivity index (χ2n) is 7.89. The lowest BCUT2D eigenvalue weighted by Crippen LogP contribution is -2.52. The highest BCUT2D eigenvalue weighted by atomic mass is 35.5. The van der Waals surface area contributed by atoms with Gasteiger partial charge in [-0.1, -0.05) is 41.9 Å². The van der Waals surface area contributed by atoms with Gasteiger partial charge in [0.1, 0.15) is 11.8 Å². The molecule has 178 valence electrons. The smallest absolute Gasteiger partial charge is 0.241 e. The standard InChI is InChI=1S/C23H28ClN3O5S/c1-2-32-21-9-8-18(15-19(21)24)33(30,31)26-20(14-16-6-4-3-5-7-16)23(29)27-12-10-17(11-13-27)22(25)28/h3-9,15,17,20,26H,2,10-14H2,1H3,(H2,25,28)/t20-/m1/s1. The summed E-state index contributed by atoms with van der Waals surface area (Å²) in [5.74, 6) is -0.616. The van der Waals surface area contributed by atoms with Gasteiger partial charge in [0.05, 0.1) is 16.5 Å². The van der Waals surface area contributed by atoms with Crippen LogP contribution in [0.4, 0.5) is 0 Å². The van der Waals surface area contributed by atoms with Gasteiger partial charge in [-0.3, -0.25) is 9.59 Å². The van der Waals surface area contributed by atoms with E-state index in [0.29, 0.717) is 38.3 Å². The molecular formula is C23H28ClN3O5S. The van der Waals surface area contributed by atoms with Crippen LogP contribution in [0, 0.1) is 5.92 Å². The molecule has 1 fully saturated rings. The van der Waals surface area contributed by atoms with E-state index < -0.39 is 16.1 Å². The molecule has 1 heterocycles. The molecule has 0 saturated carbocycles. The molecule has 1 atom stereocenters. The predicted molar refractivity (Wildman–Crippen MR) is 125 cm³/mol. The highest BCUT2D eigenvalue weighted by Gasteiger charge is 2.33. The Morgan fingerprint density at radius 2 is 1.85 bits per heavy atom. The lowest BCUT2D eigenvalue weighted by molar-refractivity contribution is -0.136. The number of benzene rings is 2. The minimum atomic E-state index is -4.05. The number of amides is 2. The average molecular weight is 494 g/mol. The van der Waals surface area contributed by atoms with Crippen LogP contribution in [0.3, 0.4) is 0 Å². The Morgan fingerprint density at radius 3 is 2.42 bits per heavy atom. The number of hydrogen-bond donors (Lipinski definition) is 2. The number of piperidine rings is 1. The van der Waals surface area contributed by atoms with E-state index >= 15 is 0 Å². The number of carbonyl (C=O) groups is 2. The third-order valence-corrected chi connectivity index (χ3v) is 7.37. The number of rotatable bonds is 9. The summed E-state index contributed by atoms with van der Waals surface area (Å²) in [6.07, 6.45) is 1.10. The Hall–Kier alpha value is -2.62. The van der Waals surface area contributed by atoms with Crippen LogP contribution in [0.2, 0.25) is 5.02 Å². The molecule has 0 aromatic heterocycles. The number of primary amides is 1. The molecule has 1 aliphatic heterocycles. The van der Waals surface area contributed by atoms with Crippen molar-refractivity contribution in [3.05, 3.63) is 59.1 Å². The summed E-state index contributed by atoms with van der Waals surface area (Å²) >= 11 is 6.17. The first-order valence-corrected chi connectivity index (χ1v) is 12.6. The first-order chi connectivity index (χ1) is 15.7. The summed E-state index contributed by atoms with van der Waals surface area (Å²) in [6.45, 7) is 2.88. The maximum absolute atomic E-state index is 13.3. The Bertz CT molecular complexity index is 1090. The van der Waals surface area contributed by atoms with E-state index in [4.69, 9.17) is 22.1 Å². The average Bonchev–Trinajstić information content (AvgIpc) is 2.80. The number of nitrogens with zero attached hydrogens (tertiary/aromatic N) is 1. The Balaban J connectivity index is 1.82. The van der Waals surface area contributed by atoms with E-state index in [9.17, 15) is 18.0 Å². The summed E-state index contributed by atoms with van der Waals surface area (Å²) in [6, 6.07) is 12.3. The Morgan fingerprint density at radius 1 is 1.18 bits per heavy atom. The molecule has 1 aliphatic rings. The maximum Gasteiger partial charge on any atom is 0.241 e. The van der Waals surface area contributed by atoms with Crippen molar-refractivity contribution in [2.45, 2.75) is 37.1 Å². The second kappa shape index (κ2) is 11.0. The molecule has 2 aromatic carbocycles. The van der Waals surface area contributed by atoms with Crippen LogP contribution in [-0.2, 0) is 26.0 Å². The molecule has 33 heavy (non-hydrogen) atoms. The Kier molecular flexibility index (Phi) is 8.34. The third kappa shape index (κ3) is 6.46. The second-order valence-corrected chi connectivity index (χ2v) is 10.0. The van der Waals surface area contributed by atoms with Crippen molar-refractivity contribution in [1.82, 2.24) is 9.62 Å². The number of likely N-dealkylation sites (tertiary alicyclic amines) is 1. The summed E-state index contributed by atoms with van der Waals surface area (Å²) in [4.78, 5) is 26.3. The molecule has 0 unspecified atom stereocenters. The third-order valence-electron chi connectivity index (χ3n) is 5.60. The topological polar surface area (TPSA) is 119 Å². The molecule has 0 spiro atoms. The summed E-state index contributed by atoms with van der Waals surface area (Å²) in [5.41, 5.74) is 6.20. The minimum absolute atomic E-state index is 0.0609. The molecular weight excluding hydrogens is 466 g/mol. The number of ether oxygens (including phenoxy) is 1. The van der Waals surface area contributed by atoms with Gasteiger partial charge in [0, 0.05) is 19.0 Å². The van der Waals surface area contributed by atoms with Gasteiger partial charge in [-0.25, -0.2) is 8.42 Å². The molecule has 8 nitrogen and oxygen atoms in total. The van der Waals surface area contributed by atoms with Crippen LogP contribution in [-0.4, -0.2) is 50.9 Å². The first kappa shape index (κ1) is 25.0. The number of halogens is 1. The van der Waals surface area contributed by atoms with E-state index in [1.54, 1.807) is 11.8 Å². The van der Waals surface area contributed by atoms with Crippen molar-refractivity contribution in [3.8, 4) is 5.75 Å². The summed E-state index contributed by atoms with van der Waals surface area (Å²) in [5, 5.41) is 0.166. The zero-order valence-corrected chi connectivity index (χ0v) is 19.9. The fourth-order valence-corrected chi connectivity index (χ4v) is 5.33. The van der Waals surface area contributed by atoms with E-state index in [0.717, 1.165) is 5.56 Å². The molecule has 0 radical (unpaired) electrons. The molecule has 3 rings (SSSR count). The normalized spacial score (nSPS) is 15.8. The number of nitrogens with one attached hydrogen (secondary N) is 1. The lowest BCUT2D eigenvalue weighted by Gasteiger charge is -2.33. The maximum atomic E-state index is 13.3. The van der Waals surface area contributed by atoms with Crippen LogP contribution < -0.4 is 15.2 Å². The molecule has 0 bridgehead atoms. The van der Waals surface area contributed by atoms with Crippen molar-refractivity contribution in [2.75, 3.05) is 19.7 Å². The monoisotopic (exact) mass is 493 g/mol. The van der Waals surface area contributed by atoms with Crippen molar-refractivity contribution < 1.29 is 22.7 Å². The lowest BCUT2D eigenvalue weighted by atomic mass is 9.95. The van der Waals surface area contributed by atoms with Crippen molar-refractivity contribution in [1.29, 1.82) is 0 Å². The quantitative estimate of drug-likeness (QED) is 0.555. The number of carbonyl (C=O) groups excluding carboxylic acids is 2. The van der Waals surface area contributed by atoms with Crippen LogP contribution in [0.1, 0.15) is 25.3 Å². The first-order valence-electron chi connectivity index (χ1n) is 10.8. The van der Waals surface area contributed by atoms with Gasteiger partial charge in [-0.2, -0.15) is 4.72 Å². The number of sulfonamides is 1. The molecule has 1 saturated heterocycles. The largest absolute Gasteiger partial charge is 0.492 e. The fraction of sp³-hybridized carbons (Fsp3) is 0.391. The number of nitrogens with two attached hydrogens (primary N) is 1. The van der Waals surface area contributed by atoms with Gasteiger partial charge < -0.3 is 15.4 Å². The van der Waals surface area contributed by atoms with Crippen molar-refractivity contribution in [3.63, 3.8) is 0 Å². The molecule has 0 aliphatic carbocycles. The Labute approximate surface area is 199 Å². The van der Waals surface area contributed by atoms with Gasteiger partial charge >= 0.3 is 0 Å². The summed E-state index contributed by atoms with van der Waals surface area (Å²) < 4.78 is 34.2. The van der Waals surface area contributed by atoms with Crippen LogP contribution in [0.15, 0.2) is 53.4 Å². The molecule has 2 aromatic rings. The zero-order valence-electron chi connectivity index (χ0n) is 18.4. The number of hydrogen-bond acceptors (Lipinski definition) is 5. The van der Waals surface area contributed by atoms with Gasteiger partial charge in [-0.15, -0.1) is 0 Å². The molecule has 3 N–H and O–H groups in total.